The standard InChI is InChI=1S/C12H11F4N3/c1-7(2)19-6-17-18-11(19)8-3-4-10(13)9(5-8)12(14,15)16/h3-7H,1-2H3. The molecule has 0 atom stereocenters. The van der Waals surface area contributed by atoms with Crippen molar-refractivity contribution in [3.05, 3.63) is 35.9 Å². The lowest BCUT2D eigenvalue weighted by atomic mass is 10.1. The first-order valence-corrected chi connectivity index (χ1v) is 5.57. The van der Waals surface area contributed by atoms with Crippen molar-refractivity contribution in [1.29, 1.82) is 0 Å². The number of nitrogens with zero attached hydrogens (tertiary/aromatic N) is 3. The number of halogens is 4. The summed E-state index contributed by atoms with van der Waals surface area (Å²) in [4.78, 5) is 0. The number of benzene rings is 1. The molecule has 2 rings (SSSR count). The van der Waals surface area contributed by atoms with E-state index in [9.17, 15) is 17.6 Å². The average Bonchev–Trinajstić information content (AvgIpc) is 2.77. The largest absolute Gasteiger partial charge is 0.419 e. The van der Waals surface area contributed by atoms with E-state index in [-0.39, 0.29) is 17.4 Å². The zero-order valence-corrected chi connectivity index (χ0v) is 10.2. The highest BCUT2D eigenvalue weighted by atomic mass is 19.4. The van der Waals surface area contributed by atoms with Gasteiger partial charge in [0.1, 0.15) is 12.1 Å². The maximum absolute atomic E-state index is 13.2. The van der Waals surface area contributed by atoms with Gasteiger partial charge < -0.3 is 4.57 Å². The lowest BCUT2D eigenvalue weighted by Gasteiger charge is -2.12. The fraction of sp³-hybridized carbons (Fsp3) is 0.333. The molecule has 3 nitrogen and oxygen atoms in total. The number of alkyl halides is 3. The van der Waals surface area contributed by atoms with Crippen LogP contribution in [0.3, 0.4) is 0 Å². The lowest BCUT2D eigenvalue weighted by Crippen LogP contribution is -2.09. The van der Waals surface area contributed by atoms with Crippen LogP contribution in [0.1, 0.15) is 25.5 Å². The average molecular weight is 273 g/mol. The van der Waals surface area contributed by atoms with Gasteiger partial charge in [0.25, 0.3) is 0 Å². The predicted octanol–water partition coefficient (Wildman–Crippen LogP) is 3.68. The van der Waals surface area contributed by atoms with Gasteiger partial charge in [-0.15, -0.1) is 10.2 Å². The molecule has 0 aliphatic heterocycles. The molecule has 0 fully saturated rings. The van der Waals surface area contributed by atoms with E-state index in [2.05, 4.69) is 10.2 Å². The molecule has 1 aromatic carbocycles. The van der Waals surface area contributed by atoms with Gasteiger partial charge in [-0.1, -0.05) is 0 Å². The van der Waals surface area contributed by atoms with Crippen LogP contribution in [0, 0.1) is 5.82 Å². The molecule has 2 aromatic rings. The van der Waals surface area contributed by atoms with Crippen molar-refractivity contribution in [2.24, 2.45) is 0 Å². The Kier molecular flexibility index (Phi) is 3.30. The van der Waals surface area contributed by atoms with Crippen LogP contribution >= 0.6 is 0 Å². The second-order valence-corrected chi connectivity index (χ2v) is 4.35. The first kappa shape index (κ1) is 13.5. The van der Waals surface area contributed by atoms with E-state index in [1.54, 1.807) is 4.57 Å². The number of rotatable bonds is 2. The molecule has 102 valence electrons. The molecule has 0 spiro atoms. The molecule has 0 radical (unpaired) electrons. The summed E-state index contributed by atoms with van der Waals surface area (Å²) in [5.74, 6) is -1.02. The van der Waals surface area contributed by atoms with Crippen LogP contribution in [-0.2, 0) is 6.18 Å². The van der Waals surface area contributed by atoms with E-state index < -0.39 is 17.6 Å². The Morgan fingerprint density at radius 1 is 1.21 bits per heavy atom. The van der Waals surface area contributed by atoms with Gasteiger partial charge >= 0.3 is 6.18 Å². The fourth-order valence-electron chi connectivity index (χ4n) is 1.71. The summed E-state index contributed by atoms with van der Waals surface area (Å²) in [6.07, 6.45) is -3.31. The fourth-order valence-corrected chi connectivity index (χ4v) is 1.71. The molecule has 1 heterocycles. The van der Waals surface area contributed by atoms with Crippen molar-refractivity contribution in [3.63, 3.8) is 0 Å². The van der Waals surface area contributed by atoms with Crippen molar-refractivity contribution in [2.45, 2.75) is 26.1 Å². The van der Waals surface area contributed by atoms with Gasteiger partial charge in [0.15, 0.2) is 5.82 Å². The third-order valence-electron chi connectivity index (χ3n) is 2.66. The smallest absolute Gasteiger partial charge is 0.311 e. The monoisotopic (exact) mass is 273 g/mol. The van der Waals surface area contributed by atoms with Gasteiger partial charge in [-0.25, -0.2) is 4.39 Å². The molecular weight excluding hydrogens is 262 g/mol. The Morgan fingerprint density at radius 3 is 2.47 bits per heavy atom. The molecular formula is C12H11F4N3. The molecule has 1 aromatic heterocycles. The van der Waals surface area contributed by atoms with Crippen LogP contribution in [0.25, 0.3) is 11.4 Å². The zero-order valence-electron chi connectivity index (χ0n) is 10.2. The van der Waals surface area contributed by atoms with Crippen LogP contribution in [0.2, 0.25) is 0 Å². The van der Waals surface area contributed by atoms with Crippen molar-refractivity contribution in [2.75, 3.05) is 0 Å². The summed E-state index contributed by atoms with van der Waals surface area (Å²) < 4.78 is 52.8. The highest BCUT2D eigenvalue weighted by molar-refractivity contribution is 5.57. The highest BCUT2D eigenvalue weighted by Gasteiger charge is 2.34. The predicted molar refractivity (Wildman–Crippen MR) is 60.8 cm³/mol. The molecule has 0 unspecified atom stereocenters. The summed E-state index contributed by atoms with van der Waals surface area (Å²) in [5.41, 5.74) is -1.12. The third-order valence-corrected chi connectivity index (χ3v) is 2.66. The van der Waals surface area contributed by atoms with Gasteiger partial charge in [0.05, 0.1) is 5.56 Å². The van der Waals surface area contributed by atoms with Crippen LogP contribution in [0.4, 0.5) is 17.6 Å². The van der Waals surface area contributed by atoms with Crippen LogP contribution in [-0.4, -0.2) is 14.8 Å². The van der Waals surface area contributed by atoms with E-state index in [0.29, 0.717) is 0 Å². The van der Waals surface area contributed by atoms with Gasteiger partial charge in [0.2, 0.25) is 0 Å². The first-order chi connectivity index (χ1) is 8.80. The Morgan fingerprint density at radius 2 is 1.89 bits per heavy atom. The molecule has 0 aliphatic rings. The maximum Gasteiger partial charge on any atom is 0.419 e. The highest BCUT2D eigenvalue weighted by Crippen LogP contribution is 2.34. The van der Waals surface area contributed by atoms with Crippen molar-refractivity contribution < 1.29 is 17.6 Å². The number of hydrogen-bond acceptors (Lipinski definition) is 2. The van der Waals surface area contributed by atoms with Gasteiger partial charge in [-0.2, -0.15) is 13.2 Å². The van der Waals surface area contributed by atoms with Crippen molar-refractivity contribution in [1.82, 2.24) is 14.8 Å². The summed E-state index contributed by atoms with van der Waals surface area (Å²) >= 11 is 0. The van der Waals surface area contributed by atoms with E-state index in [0.717, 1.165) is 12.1 Å². The van der Waals surface area contributed by atoms with Gasteiger partial charge in [-0.3, -0.25) is 0 Å². The second kappa shape index (κ2) is 4.64. The lowest BCUT2D eigenvalue weighted by molar-refractivity contribution is -0.139. The van der Waals surface area contributed by atoms with E-state index in [1.165, 1.54) is 12.4 Å². The molecule has 0 saturated carbocycles. The van der Waals surface area contributed by atoms with Crippen molar-refractivity contribution in [3.8, 4) is 11.4 Å². The summed E-state index contributed by atoms with van der Waals surface area (Å²) in [7, 11) is 0. The Hall–Kier alpha value is -1.92. The molecule has 19 heavy (non-hydrogen) atoms. The first-order valence-electron chi connectivity index (χ1n) is 5.57. The minimum atomic E-state index is -4.73. The van der Waals surface area contributed by atoms with Crippen LogP contribution in [0.5, 0.6) is 0 Å². The number of hydrogen-bond donors (Lipinski definition) is 0. The summed E-state index contributed by atoms with van der Waals surface area (Å²) in [6.45, 7) is 3.70. The SMILES string of the molecule is CC(C)n1cnnc1-c1ccc(F)c(C(F)(F)F)c1. The molecule has 0 saturated heterocycles. The summed E-state index contributed by atoms with van der Waals surface area (Å²) in [6, 6.07) is 2.79. The Balaban J connectivity index is 2.55. The van der Waals surface area contributed by atoms with Crippen LogP contribution < -0.4 is 0 Å². The molecule has 0 bridgehead atoms. The van der Waals surface area contributed by atoms with E-state index >= 15 is 0 Å². The van der Waals surface area contributed by atoms with E-state index in [1.807, 2.05) is 13.8 Å². The number of aromatic nitrogens is 3. The topological polar surface area (TPSA) is 30.7 Å². The van der Waals surface area contributed by atoms with Gasteiger partial charge in [0, 0.05) is 11.6 Å². The minimum Gasteiger partial charge on any atom is -0.311 e. The van der Waals surface area contributed by atoms with Crippen molar-refractivity contribution >= 4 is 0 Å². The quantitative estimate of drug-likeness (QED) is 0.781. The Labute approximate surface area is 106 Å². The summed E-state index contributed by atoms with van der Waals surface area (Å²) in [5, 5.41) is 7.46. The molecule has 0 aliphatic carbocycles. The van der Waals surface area contributed by atoms with Gasteiger partial charge in [-0.05, 0) is 32.0 Å². The zero-order chi connectivity index (χ0) is 14.2. The third kappa shape index (κ3) is 2.59. The minimum absolute atomic E-state index is 0.00982. The molecule has 0 N–H and O–H groups in total. The second-order valence-electron chi connectivity index (χ2n) is 4.35. The molecule has 7 heteroatoms. The normalized spacial score (nSPS) is 12.2. The maximum atomic E-state index is 13.2. The molecule has 0 amide bonds. The van der Waals surface area contributed by atoms with E-state index in [4.69, 9.17) is 0 Å². The Bertz CT molecular complexity index is 587. The van der Waals surface area contributed by atoms with Crippen LogP contribution in [0.15, 0.2) is 24.5 Å².